The summed E-state index contributed by atoms with van der Waals surface area (Å²) in [6.45, 7) is 0. The Labute approximate surface area is 168 Å². The van der Waals surface area contributed by atoms with E-state index in [4.69, 9.17) is 0 Å². The highest BCUT2D eigenvalue weighted by molar-refractivity contribution is 8.01. The number of hydrogen-bond donors (Lipinski definition) is 0. The van der Waals surface area contributed by atoms with Gasteiger partial charge in [0.2, 0.25) is 0 Å². The van der Waals surface area contributed by atoms with Crippen molar-refractivity contribution in [2.45, 2.75) is 19.3 Å². The average Bonchev–Trinajstić information content (AvgIpc) is 3.25. The first-order chi connectivity index (χ1) is 13.9. The van der Waals surface area contributed by atoms with E-state index in [0.29, 0.717) is 0 Å². The quantitative estimate of drug-likeness (QED) is 0.447. The maximum atomic E-state index is 2.52. The van der Waals surface area contributed by atoms with Gasteiger partial charge in [-0.2, -0.15) is 0 Å². The van der Waals surface area contributed by atoms with Crippen LogP contribution in [0.2, 0.25) is 0 Å². The lowest BCUT2D eigenvalue weighted by atomic mass is 10.1. The van der Waals surface area contributed by atoms with Crippen LogP contribution in [0.1, 0.15) is 17.5 Å². The summed E-state index contributed by atoms with van der Waals surface area (Å²) in [5.74, 6) is 0. The van der Waals surface area contributed by atoms with Crippen molar-refractivity contribution in [3.05, 3.63) is 120 Å². The van der Waals surface area contributed by atoms with Crippen molar-refractivity contribution in [2.24, 2.45) is 0 Å². The first kappa shape index (κ1) is 17.4. The lowest BCUT2D eigenvalue weighted by Crippen LogP contribution is -2.38. The molecule has 0 saturated heterocycles. The van der Waals surface area contributed by atoms with Gasteiger partial charge in [0.25, 0.3) is 0 Å². The van der Waals surface area contributed by atoms with Gasteiger partial charge in [-0.05, 0) is 78.9 Å². The Morgan fingerprint density at radius 3 is 1.39 bits per heavy atom. The Balaban J connectivity index is 1.88. The third-order valence-electron chi connectivity index (χ3n) is 5.90. The van der Waals surface area contributed by atoms with Crippen LogP contribution >= 0.6 is 7.26 Å². The second-order valence-corrected chi connectivity index (χ2v) is 10.9. The van der Waals surface area contributed by atoms with Crippen LogP contribution in [0.25, 0.3) is 0 Å². The normalized spacial score (nSPS) is 13.3. The van der Waals surface area contributed by atoms with Crippen LogP contribution in [0, 0.1) is 0 Å². The smallest absolute Gasteiger partial charge is 0.0620 e. The molecule has 0 saturated carbocycles. The van der Waals surface area contributed by atoms with Gasteiger partial charge in [-0.15, -0.1) is 0 Å². The third kappa shape index (κ3) is 2.81. The summed E-state index contributed by atoms with van der Waals surface area (Å²) in [6, 6.07) is 40.7. The molecule has 0 atom stereocenters. The largest absolute Gasteiger partial charge is 0.144 e. The van der Waals surface area contributed by atoms with E-state index >= 15 is 0 Å². The molecule has 136 valence electrons. The van der Waals surface area contributed by atoms with E-state index in [1.807, 2.05) is 0 Å². The zero-order valence-electron chi connectivity index (χ0n) is 16.0. The number of rotatable bonds is 4. The van der Waals surface area contributed by atoms with Gasteiger partial charge in [-0.3, -0.25) is 0 Å². The summed E-state index contributed by atoms with van der Waals surface area (Å²) in [7, 11) is -1.94. The van der Waals surface area contributed by atoms with Crippen LogP contribution in [0.15, 0.2) is 109 Å². The van der Waals surface area contributed by atoms with Gasteiger partial charge in [0, 0.05) is 0 Å². The summed E-state index contributed by atoms with van der Waals surface area (Å²) >= 11 is 0. The summed E-state index contributed by atoms with van der Waals surface area (Å²) in [5, 5.41) is 5.73. The fraction of sp³-hybridized carbons (Fsp3) is 0.111. The van der Waals surface area contributed by atoms with Gasteiger partial charge < -0.3 is 0 Å². The molecule has 1 aliphatic carbocycles. The summed E-state index contributed by atoms with van der Waals surface area (Å²) in [4.78, 5) is 0. The molecule has 4 aromatic rings. The Kier molecular flexibility index (Phi) is 4.59. The SMILES string of the molecule is c1ccc([P+](c2ccccc2)(c2ccccc2)c2ccc3c(c2)CCC3)cc1. The van der Waals surface area contributed by atoms with Gasteiger partial charge in [-0.25, -0.2) is 0 Å². The molecule has 0 N–H and O–H groups in total. The zero-order chi connectivity index (χ0) is 18.8. The summed E-state index contributed by atoms with van der Waals surface area (Å²) in [5.41, 5.74) is 3.08. The lowest BCUT2D eigenvalue weighted by molar-refractivity contribution is 0.912. The Bertz CT molecular complexity index is 972. The minimum Gasteiger partial charge on any atom is -0.0620 e. The highest BCUT2D eigenvalue weighted by Crippen LogP contribution is 2.54. The predicted molar refractivity (Wildman–Crippen MR) is 123 cm³/mol. The summed E-state index contributed by atoms with van der Waals surface area (Å²) in [6.07, 6.45) is 3.72. The van der Waals surface area contributed by atoms with Crippen molar-refractivity contribution in [1.82, 2.24) is 0 Å². The topological polar surface area (TPSA) is 0 Å². The van der Waals surface area contributed by atoms with E-state index < -0.39 is 7.26 Å². The molecule has 0 fully saturated rings. The number of benzene rings is 4. The highest BCUT2D eigenvalue weighted by Gasteiger charge is 2.47. The van der Waals surface area contributed by atoms with Gasteiger partial charge in [0.1, 0.15) is 28.5 Å². The Morgan fingerprint density at radius 2 is 0.893 bits per heavy atom. The molecule has 0 heterocycles. The molecule has 0 unspecified atom stereocenters. The molecule has 1 heteroatoms. The van der Waals surface area contributed by atoms with E-state index in [1.165, 1.54) is 46.0 Å². The van der Waals surface area contributed by atoms with E-state index in [-0.39, 0.29) is 0 Å². The van der Waals surface area contributed by atoms with E-state index in [0.717, 1.165) is 0 Å². The molecule has 0 spiro atoms. The van der Waals surface area contributed by atoms with E-state index in [2.05, 4.69) is 109 Å². The third-order valence-corrected chi connectivity index (χ3v) is 10.2. The van der Waals surface area contributed by atoms with Crippen molar-refractivity contribution in [1.29, 1.82) is 0 Å². The first-order valence-corrected chi connectivity index (χ1v) is 11.9. The molecule has 5 rings (SSSR count). The number of aryl methyl sites for hydroxylation is 2. The Morgan fingerprint density at radius 1 is 0.429 bits per heavy atom. The van der Waals surface area contributed by atoms with Crippen LogP contribution < -0.4 is 21.2 Å². The molecular weight excluding hydrogens is 355 g/mol. The van der Waals surface area contributed by atoms with Gasteiger partial charge in [-0.1, -0.05) is 60.7 Å². The second-order valence-electron chi connectivity index (χ2n) is 7.48. The summed E-state index contributed by atoms with van der Waals surface area (Å²) < 4.78 is 0. The second kappa shape index (κ2) is 7.38. The van der Waals surface area contributed by atoms with Crippen LogP contribution in [-0.2, 0) is 12.8 Å². The van der Waals surface area contributed by atoms with Crippen LogP contribution in [0.5, 0.6) is 0 Å². The maximum Gasteiger partial charge on any atom is 0.144 e. The highest BCUT2D eigenvalue weighted by atomic mass is 31.2. The van der Waals surface area contributed by atoms with Crippen LogP contribution in [0.4, 0.5) is 0 Å². The average molecular weight is 379 g/mol. The van der Waals surface area contributed by atoms with Crippen molar-refractivity contribution >= 4 is 28.5 Å². The minimum atomic E-state index is -1.94. The molecule has 0 aliphatic heterocycles. The molecule has 0 aromatic heterocycles. The van der Waals surface area contributed by atoms with Crippen LogP contribution in [0.3, 0.4) is 0 Å². The van der Waals surface area contributed by atoms with Crippen molar-refractivity contribution in [3.63, 3.8) is 0 Å². The first-order valence-electron chi connectivity index (χ1n) is 10.1. The van der Waals surface area contributed by atoms with E-state index in [1.54, 1.807) is 5.56 Å². The molecule has 1 aliphatic rings. The Hall–Kier alpha value is -2.69. The van der Waals surface area contributed by atoms with Crippen LogP contribution in [-0.4, -0.2) is 0 Å². The molecule has 4 aromatic carbocycles. The molecule has 0 nitrogen and oxygen atoms in total. The molecule has 28 heavy (non-hydrogen) atoms. The monoisotopic (exact) mass is 379 g/mol. The predicted octanol–water partition coefficient (Wildman–Crippen LogP) is 4.79. The molecular formula is C27H24P+. The minimum absolute atomic E-state index is 1.21. The molecule has 0 radical (unpaired) electrons. The standard InChI is InChI=1S/C27H24P/c1-4-13-24(14-5-1)28(25-15-6-2-7-16-25,26-17-8-3-9-18-26)27-20-19-22-11-10-12-23(22)21-27/h1-9,13-21H,10-12H2/q+1. The maximum absolute atomic E-state index is 2.52. The zero-order valence-corrected chi connectivity index (χ0v) is 16.9. The fourth-order valence-corrected chi connectivity index (χ4v) is 8.91. The lowest BCUT2D eigenvalue weighted by Gasteiger charge is -2.28. The van der Waals surface area contributed by atoms with E-state index in [9.17, 15) is 0 Å². The van der Waals surface area contributed by atoms with Gasteiger partial charge >= 0.3 is 0 Å². The van der Waals surface area contributed by atoms with Crippen molar-refractivity contribution in [2.75, 3.05) is 0 Å². The molecule has 0 amide bonds. The molecule has 0 bridgehead atoms. The number of fused-ring (bicyclic) bond motifs is 1. The van der Waals surface area contributed by atoms with Crippen molar-refractivity contribution in [3.8, 4) is 0 Å². The van der Waals surface area contributed by atoms with Crippen molar-refractivity contribution < 1.29 is 0 Å². The van der Waals surface area contributed by atoms with Gasteiger partial charge in [0.05, 0.1) is 0 Å². The fourth-order valence-electron chi connectivity index (χ4n) is 4.62. The number of hydrogen-bond acceptors (Lipinski definition) is 0. The van der Waals surface area contributed by atoms with Gasteiger partial charge in [0.15, 0.2) is 0 Å².